The lowest BCUT2D eigenvalue weighted by Crippen LogP contribution is -2.46. The van der Waals surface area contributed by atoms with Gasteiger partial charge in [-0.2, -0.15) is 4.98 Å². The first kappa shape index (κ1) is 17.8. The molecule has 2 heterocycles. The quantitative estimate of drug-likeness (QED) is 0.840. The molecule has 8 heteroatoms. The molecule has 2 amide bonds. The molecule has 1 N–H and O–H groups in total. The number of hydrogen-bond donors (Lipinski definition) is 1. The van der Waals surface area contributed by atoms with Gasteiger partial charge < -0.3 is 19.5 Å². The van der Waals surface area contributed by atoms with Crippen molar-refractivity contribution in [3.63, 3.8) is 0 Å². The highest BCUT2D eigenvalue weighted by Crippen LogP contribution is 2.38. The fraction of sp³-hybridized carbons (Fsp3) is 0.526. The van der Waals surface area contributed by atoms with Crippen LogP contribution in [0.1, 0.15) is 43.3 Å². The van der Waals surface area contributed by atoms with E-state index in [4.69, 9.17) is 9.26 Å². The van der Waals surface area contributed by atoms with Gasteiger partial charge in [0.05, 0.1) is 13.2 Å². The maximum atomic E-state index is 13.2. The first-order chi connectivity index (χ1) is 13.2. The Morgan fingerprint density at radius 3 is 3.07 bits per heavy atom. The zero-order valence-corrected chi connectivity index (χ0v) is 15.1. The topological polar surface area (TPSA) is 80.5 Å². The van der Waals surface area contributed by atoms with E-state index in [-0.39, 0.29) is 24.3 Å². The second-order valence-electron chi connectivity index (χ2n) is 7.20. The molecule has 1 aliphatic carbocycles. The minimum atomic E-state index is -0.316. The van der Waals surface area contributed by atoms with Crippen LogP contribution in [0.25, 0.3) is 0 Å². The van der Waals surface area contributed by atoms with Gasteiger partial charge in [-0.05, 0) is 37.8 Å². The van der Waals surface area contributed by atoms with Crippen molar-refractivity contribution < 1.29 is 18.4 Å². The number of nitrogens with zero attached hydrogens (tertiary/aromatic N) is 3. The lowest BCUT2D eigenvalue weighted by Gasteiger charge is -2.32. The summed E-state index contributed by atoms with van der Waals surface area (Å²) in [5, 5.41) is 6.76. The molecule has 144 valence electrons. The Bertz CT molecular complexity index is 793. The number of likely N-dealkylation sites (tertiary alicyclic amines) is 1. The van der Waals surface area contributed by atoms with Gasteiger partial charge >= 0.3 is 6.03 Å². The maximum absolute atomic E-state index is 13.2. The van der Waals surface area contributed by atoms with Gasteiger partial charge in [0, 0.05) is 31.0 Å². The van der Waals surface area contributed by atoms with Crippen LogP contribution in [0.15, 0.2) is 28.8 Å². The molecule has 7 nitrogen and oxygen atoms in total. The normalized spacial score (nSPS) is 19.7. The second-order valence-corrected chi connectivity index (χ2v) is 7.20. The maximum Gasteiger partial charge on any atom is 0.317 e. The Morgan fingerprint density at radius 2 is 2.26 bits per heavy atom. The molecule has 1 aromatic carbocycles. The van der Waals surface area contributed by atoms with Crippen LogP contribution in [0.3, 0.4) is 0 Å². The number of urea groups is 1. The molecule has 1 aliphatic heterocycles. The van der Waals surface area contributed by atoms with E-state index in [0.717, 1.165) is 25.7 Å². The zero-order chi connectivity index (χ0) is 18.6. The third-order valence-electron chi connectivity index (χ3n) is 4.90. The highest BCUT2D eigenvalue weighted by Gasteiger charge is 2.30. The number of benzene rings is 1. The summed E-state index contributed by atoms with van der Waals surface area (Å²) >= 11 is 0. The molecule has 1 saturated heterocycles. The molecule has 0 unspecified atom stereocenters. The number of amides is 2. The van der Waals surface area contributed by atoms with Crippen molar-refractivity contribution in [2.45, 2.75) is 38.1 Å². The number of piperidine rings is 1. The molecule has 4 rings (SSSR count). The smallest absolute Gasteiger partial charge is 0.317 e. The SMILES string of the molecule is O=C(NCc1noc(C2CC2)n1)N1CCC[C@@H](COc2cccc(F)c2)C1. The van der Waals surface area contributed by atoms with E-state index in [2.05, 4.69) is 15.5 Å². The molecular weight excluding hydrogens is 351 g/mol. The monoisotopic (exact) mass is 374 g/mol. The average Bonchev–Trinajstić information content (AvgIpc) is 3.43. The standard InChI is InChI=1S/C19H23FN4O3/c20-15-4-1-5-16(9-15)26-12-13-3-2-8-24(11-13)19(25)21-10-17-22-18(27-23-17)14-6-7-14/h1,4-5,9,13-14H,2-3,6-8,10-12H2,(H,21,25)/t13-/m1/s1. The van der Waals surface area contributed by atoms with E-state index >= 15 is 0 Å². The number of carbonyl (C=O) groups excluding carboxylic acids is 1. The van der Waals surface area contributed by atoms with Gasteiger partial charge in [0.25, 0.3) is 0 Å². The molecule has 2 aliphatic rings. The Labute approximate surface area is 156 Å². The van der Waals surface area contributed by atoms with Crippen LogP contribution in [0.2, 0.25) is 0 Å². The number of halogens is 1. The predicted molar refractivity (Wildman–Crippen MR) is 94.7 cm³/mol. The van der Waals surface area contributed by atoms with Crippen molar-refractivity contribution in [3.05, 3.63) is 41.8 Å². The number of carbonyl (C=O) groups is 1. The van der Waals surface area contributed by atoms with Crippen LogP contribution in [-0.2, 0) is 6.54 Å². The third-order valence-corrected chi connectivity index (χ3v) is 4.90. The van der Waals surface area contributed by atoms with Crippen LogP contribution < -0.4 is 10.1 Å². The predicted octanol–water partition coefficient (Wildman–Crippen LogP) is 3.09. The van der Waals surface area contributed by atoms with E-state index in [9.17, 15) is 9.18 Å². The largest absolute Gasteiger partial charge is 0.493 e. The minimum absolute atomic E-state index is 0.136. The Morgan fingerprint density at radius 1 is 1.37 bits per heavy atom. The van der Waals surface area contributed by atoms with E-state index in [1.54, 1.807) is 17.0 Å². The van der Waals surface area contributed by atoms with Gasteiger partial charge in [-0.1, -0.05) is 11.2 Å². The van der Waals surface area contributed by atoms with Gasteiger partial charge in [-0.3, -0.25) is 0 Å². The van der Waals surface area contributed by atoms with Gasteiger partial charge in [0.15, 0.2) is 5.82 Å². The summed E-state index contributed by atoms with van der Waals surface area (Å²) in [5.74, 6) is 2.01. The summed E-state index contributed by atoms with van der Waals surface area (Å²) in [4.78, 5) is 18.5. The lowest BCUT2D eigenvalue weighted by molar-refractivity contribution is 0.137. The zero-order valence-electron chi connectivity index (χ0n) is 15.1. The van der Waals surface area contributed by atoms with Crippen molar-refractivity contribution in [2.75, 3.05) is 19.7 Å². The van der Waals surface area contributed by atoms with Gasteiger partial charge in [0.2, 0.25) is 5.89 Å². The van der Waals surface area contributed by atoms with Crippen LogP contribution in [0.5, 0.6) is 5.75 Å². The summed E-state index contributed by atoms with van der Waals surface area (Å²) in [5.41, 5.74) is 0. The number of nitrogens with one attached hydrogen (secondary N) is 1. The van der Waals surface area contributed by atoms with Crippen LogP contribution in [0, 0.1) is 11.7 Å². The van der Waals surface area contributed by atoms with E-state index in [1.165, 1.54) is 12.1 Å². The van der Waals surface area contributed by atoms with Crippen molar-refractivity contribution in [1.82, 2.24) is 20.4 Å². The van der Waals surface area contributed by atoms with Crippen LogP contribution in [0.4, 0.5) is 9.18 Å². The summed E-state index contributed by atoms with van der Waals surface area (Å²) in [6.07, 6.45) is 4.09. The van der Waals surface area contributed by atoms with Crippen LogP contribution >= 0.6 is 0 Å². The fourth-order valence-corrected chi connectivity index (χ4v) is 3.26. The van der Waals surface area contributed by atoms with E-state index in [0.29, 0.717) is 43.1 Å². The van der Waals surface area contributed by atoms with E-state index in [1.807, 2.05) is 0 Å². The van der Waals surface area contributed by atoms with Gasteiger partial charge in [0.1, 0.15) is 11.6 Å². The summed E-state index contributed by atoms with van der Waals surface area (Å²) < 4.78 is 24.1. The van der Waals surface area contributed by atoms with E-state index < -0.39 is 0 Å². The summed E-state index contributed by atoms with van der Waals surface area (Å²) in [6, 6.07) is 5.98. The molecule has 2 fully saturated rings. The first-order valence-electron chi connectivity index (χ1n) is 9.41. The van der Waals surface area contributed by atoms with Gasteiger partial charge in [-0.15, -0.1) is 0 Å². The Hall–Kier alpha value is -2.64. The summed E-state index contributed by atoms with van der Waals surface area (Å²) in [6.45, 7) is 2.04. The summed E-state index contributed by atoms with van der Waals surface area (Å²) in [7, 11) is 0. The fourth-order valence-electron chi connectivity index (χ4n) is 3.26. The lowest BCUT2D eigenvalue weighted by atomic mass is 9.99. The van der Waals surface area contributed by atoms with Crippen molar-refractivity contribution in [3.8, 4) is 5.75 Å². The second kappa shape index (κ2) is 7.94. The molecule has 1 aromatic heterocycles. The first-order valence-corrected chi connectivity index (χ1v) is 9.41. The molecule has 1 saturated carbocycles. The Kier molecular flexibility index (Phi) is 5.22. The molecule has 2 aromatic rings. The number of aromatic nitrogens is 2. The van der Waals surface area contributed by atoms with Gasteiger partial charge in [-0.25, -0.2) is 9.18 Å². The molecule has 0 bridgehead atoms. The number of rotatable bonds is 6. The average molecular weight is 374 g/mol. The highest BCUT2D eigenvalue weighted by molar-refractivity contribution is 5.74. The molecular formula is C19H23FN4O3. The molecule has 1 atom stereocenters. The Balaban J connectivity index is 1.23. The van der Waals surface area contributed by atoms with Crippen molar-refractivity contribution in [1.29, 1.82) is 0 Å². The molecule has 0 spiro atoms. The number of ether oxygens (including phenoxy) is 1. The minimum Gasteiger partial charge on any atom is -0.493 e. The van der Waals surface area contributed by atoms with Crippen LogP contribution in [-0.4, -0.2) is 40.8 Å². The number of hydrogen-bond acceptors (Lipinski definition) is 5. The molecule has 27 heavy (non-hydrogen) atoms. The highest BCUT2D eigenvalue weighted by atomic mass is 19.1. The van der Waals surface area contributed by atoms with Crippen molar-refractivity contribution in [2.24, 2.45) is 5.92 Å². The van der Waals surface area contributed by atoms with Crippen molar-refractivity contribution >= 4 is 6.03 Å². The third kappa shape index (κ3) is 4.75. The molecule has 0 radical (unpaired) electrons.